The molecule has 4 heterocycles. The van der Waals surface area contributed by atoms with Crippen LogP contribution >= 0.6 is 0 Å². The van der Waals surface area contributed by atoms with Crippen molar-refractivity contribution >= 4 is 6.16 Å². The van der Waals surface area contributed by atoms with E-state index in [1.54, 1.807) is 24.3 Å². The Morgan fingerprint density at radius 2 is 0.986 bits per heavy atom. The normalized spacial score (nSPS) is 27.0. The number of ether oxygens (including phenoxy) is 6. The summed E-state index contributed by atoms with van der Waals surface area (Å²) in [7, 11) is 1.07. The molecule has 0 bridgehead atoms. The molecule has 10 atom stereocenters. The van der Waals surface area contributed by atoms with E-state index in [4.69, 9.17) is 23.7 Å². The molecule has 24 heteroatoms. The lowest BCUT2D eigenvalue weighted by Crippen LogP contribution is -2.60. The van der Waals surface area contributed by atoms with Crippen LogP contribution in [0.4, 0.5) is 31.1 Å². The van der Waals surface area contributed by atoms with Crippen molar-refractivity contribution in [1.82, 2.24) is 19.6 Å². The molecule has 8 rings (SSSR count). The molecule has 2 saturated carbocycles. The van der Waals surface area contributed by atoms with E-state index in [2.05, 4.69) is 14.9 Å². The molecule has 7 N–H and O–H groups in total. The number of aliphatic hydroxyl groups is 7. The van der Waals surface area contributed by atoms with Crippen LogP contribution in [0.3, 0.4) is 0 Å². The summed E-state index contributed by atoms with van der Waals surface area (Å²) in [5, 5.41) is 79.1. The molecule has 2 aromatic carbocycles. The third kappa shape index (κ3) is 12.1. The third-order valence-corrected chi connectivity index (χ3v) is 13.5. The second kappa shape index (κ2) is 23.0. The third-order valence-electron chi connectivity index (χ3n) is 13.5. The molecule has 2 saturated heterocycles. The Morgan fingerprint density at radius 1 is 0.611 bits per heavy atom. The minimum absolute atomic E-state index is 0.127. The van der Waals surface area contributed by atoms with Gasteiger partial charge in [0.05, 0.1) is 36.9 Å². The molecule has 0 unspecified atom stereocenters. The summed E-state index contributed by atoms with van der Waals surface area (Å²) in [5.41, 5.74) is 0.962. The van der Waals surface area contributed by atoms with E-state index < -0.39 is 122 Å². The zero-order chi connectivity index (χ0) is 52.2. The number of rotatable bonds is 15. The van der Waals surface area contributed by atoms with Crippen molar-refractivity contribution in [2.24, 2.45) is 0 Å². The molecular formula is C48H60F6N4O14. The average Bonchev–Trinajstić information content (AvgIpc) is 3.84. The van der Waals surface area contributed by atoms with E-state index >= 15 is 0 Å². The van der Waals surface area contributed by atoms with Gasteiger partial charge in [-0.05, 0) is 73.6 Å². The van der Waals surface area contributed by atoms with Gasteiger partial charge in [0.1, 0.15) is 66.8 Å². The van der Waals surface area contributed by atoms with Gasteiger partial charge in [0.25, 0.3) is 0 Å². The predicted molar refractivity (Wildman–Crippen MR) is 238 cm³/mol. The molecular weight excluding hydrogens is 971 g/mol. The monoisotopic (exact) mass is 1030 g/mol. The number of aliphatic hydroxyl groups excluding tert-OH is 7. The molecule has 72 heavy (non-hydrogen) atoms. The van der Waals surface area contributed by atoms with Crippen molar-refractivity contribution in [2.45, 2.75) is 164 Å². The maximum absolute atomic E-state index is 14.4. The zero-order valence-electron chi connectivity index (χ0n) is 39.6. The van der Waals surface area contributed by atoms with Crippen molar-refractivity contribution < 1.29 is 95.3 Å². The Labute approximate surface area is 409 Å². The number of methoxy groups -OCH3 is 1. The number of benzene rings is 2. The van der Waals surface area contributed by atoms with E-state index in [0.29, 0.717) is 36.8 Å². The summed E-state index contributed by atoms with van der Waals surface area (Å²) in [6, 6.07) is 13.4. The predicted octanol–water partition coefficient (Wildman–Crippen LogP) is 4.71. The standard InChI is InChI=1S/C25H31F3N2O8.C23H29F3N2O6/c1-3-13-7-9-14(10-8-13)11-16-21(25(26,27)28)30(15-5-4-6-15)29-22(16)38-23-20(33)19(32)18(31)17(37-23)12-36-24(34)35-2;1-2-12-6-8-13(9-7-12)10-15-20(23(24,25)26)28(14-4-3-5-14)27-21(15)34-22-19(32)18(31)17(30)16(11-29)33-22/h7-10,15,17-20,23,31-33H,3-6,11-12H2,1-2H3;6-9,14,16-19,22,29-32H,2-5,10-11H2,1H3/t17-,18-,19+,20-,23+;16-,17-,18+,19-,22+/m11/s1. The number of hydrogen-bond donors (Lipinski definition) is 7. The summed E-state index contributed by atoms with van der Waals surface area (Å²) in [6.07, 6.45) is -22.0. The van der Waals surface area contributed by atoms with Crippen LogP contribution < -0.4 is 9.47 Å². The van der Waals surface area contributed by atoms with Gasteiger partial charge < -0.3 is 64.2 Å². The van der Waals surface area contributed by atoms with Crippen molar-refractivity contribution in [1.29, 1.82) is 0 Å². The number of carbonyl (C=O) groups is 1. The van der Waals surface area contributed by atoms with Gasteiger partial charge >= 0.3 is 18.5 Å². The molecule has 4 aliphatic rings. The first kappa shape index (κ1) is 54.7. The molecule has 18 nitrogen and oxygen atoms in total. The Balaban J connectivity index is 0.000000213. The highest BCUT2D eigenvalue weighted by Crippen LogP contribution is 2.45. The van der Waals surface area contributed by atoms with Crippen LogP contribution in [0.25, 0.3) is 0 Å². The Hall–Kier alpha value is -5.05. The van der Waals surface area contributed by atoms with E-state index in [1.807, 2.05) is 38.1 Å². The molecule has 398 valence electrons. The van der Waals surface area contributed by atoms with Crippen molar-refractivity contribution in [3.8, 4) is 11.8 Å². The molecule has 4 aromatic rings. The van der Waals surface area contributed by atoms with Gasteiger partial charge in [0.15, 0.2) is 0 Å². The molecule has 4 fully saturated rings. The topological polar surface area (TPSA) is 250 Å². The van der Waals surface area contributed by atoms with Gasteiger partial charge in [-0.2, -0.15) is 26.3 Å². The van der Waals surface area contributed by atoms with Gasteiger partial charge in [-0.1, -0.05) is 62.4 Å². The van der Waals surface area contributed by atoms with Gasteiger partial charge in [-0.25, -0.2) is 4.79 Å². The lowest BCUT2D eigenvalue weighted by molar-refractivity contribution is -0.278. The first-order valence-electron chi connectivity index (χ1n) is 23.7. The second-order valence-corrected chi connectivity index (χ2v) is 18.2. The number of aryl methyl sites for hydroxylation is 2. The van der Waals surface area contributed by atoms with Gasteiger partial charge in [0, 0.05) is 12.8 Å². The summed E-state index contributed by atoms with van der Waals surface area (Å²) in [6.45, 7) is 2.69. The SMILES string of the molecule is CCc1ccc(Cc2c(O[C@@H]3O[C@H](CO)[C@@H](O)[C@H](O)[C@H]3O)nn(C3CCC3)c2C(F)(F)F)cc1.CCc1ccc(Cc2c(O[C@@H]3O[C@H](COC(=O)OC)[C@@H](O)[C@H](O)[C@H]3O)nn(C3CCC3)c2C(F)(F)F)cc1. The number of nitrogens with zero attached hydrogens (tertiary/aromatic N) is 4. The molecule has 2 aliphatic carbocycles. The van der Waals surface area contributed by atoms with Crippen molar-refractivity contribution in [2.75, 3.05) is 20.3 Å². The minimum Gasteiger partial charge on any atom is -0.443 e. The first-order valence-corrected chi connectivity index (χ1v) is 23.7. The Bertz CT molecular complexity index is 2410. The average molecular weight is 1030 g/mol. The van der Waals surface area contributed by atoms with Crippen LogP contribution in [0.1, 0.15) is 109 Å². The summed E-state index contributed by atoms with van der Waals surface area (Å²) in [4.78, 5) is 11.3. The smallest absolute Gasteiger partial charge is 0.443 e. The molecule has 0 amide bonds. The van der Waals surface area contributed by atoms with Gasteiger partial charge in [0.2, 0.25) is 24.3 Å². The summed E-state index contributed by atoms with van der Waals surface area (Å²) < 4.78 is 119. The zero-order valence-corrected chi connectivity index (χ0v) is 39.6. The quantitative estimate of drug-likeness (QED) is 0.0629. The Kier molecular flexibility index (Phi) is 17.5. The van der Waals surface area contributed by atoms with Crippen LogP contribution in [-0.4, -0.2) is 143 Å². The van der Waals surface area contributed by atoms with Crippen LogP contribution in [-0.2, 0) is 57.0 Å². The fourth-order valence-corrected chi connectivity index (χ4v) is 8.74. The summed E-state index contributed by atoms with van der Waals surface area (Å²) >= 11 is 0. The molecule has 2 aliphatic heterocycles. The Morgan fingerprint density at radius 3 is 1.32 bits per heavy atom. The lowest BCUT2D eigenvalue weighted by atomic mass is 9.93. The fourth-order valence-electron chi connectivity index (χ4n) is 8.74. The number of alkyl halides is 6. The number of carbonyl (C=O) groups excluding carboxylic acids is 1. The highest BCUT2D eigenvalue weighted by molar-refractivity contribution is 5.59. The van der Waals surface area contributed by atoms with E-state index in [9.17, 15) is 66.9 Å². The van der Waals surface area contributed by atoms with Crippen LogP contribution in [0.5, 0.6) is 11.8 Å². The minimum atomic E-state index is -4.75. The first-order chi connectivity index (χ1) is 34.2. The molecule has 0 radical (unpaired) electrons. The fraction of sp³-hybridized carbons (Fsp3) is 0.604. The largest absolute Gasteiger partial charge is 0.508 e. The molecule has 2 aromatic heterocycles. The van der Waals surface area contributed by atoms with Crippen molar-refractivity contribution in [3.05, 3.63) is 93.3 Å². The van der Waals surface area contributed by atoms with Crippen molar-refractivity contribution in [3.63, 3.8) is 0 Å². The highest BCUT2D eigenvalue weighted by Gasteiger charge is 2.50. The lowest BCUT2D eigenvalue weighted by Gasteiger charge is -2.39. The van der Waals surface area contributed by atoms with Gasteiger partial charge in [-0.3, -0.25) is 9.36 Å². The maximum atomic E-state index is 14.4. The molecule has 0 spiro atoms. The number of hydrogen-bond acceptors (Lipinski definition) is 16. The maximum Gasteiger partial charge on any atom is 0.508 e. The van der Waals surface area contributed by atoms with Crippen LogP contribution in [0, 0.1) is 0 Å². The number of halogens is 6. The van der Waals surface area contributed by atoms with Gasteiger partial charge in [-0.15, -0.1) is 10.2 Å². The number of aromatic nitrogens is 4. The second-order valence-electron chi connectivity index (χ2n) is 18.2. The van der Waals surface area contributed by atoms with Crippen LogP contribution in [0.2, 0.25) is 0 Å². The van der Waals surface area contributed by atoms with E-state index in [1.165, 1.54) is 0 Å². The summed E-state index contributed by atoms with van der Waals surface area (Å²) in [5.74, 6) is -0.785. The van der Waals surface area contributed by atoms with Crippen LogP contribution in [0.15, 0.2) is 48.5 Å². The highest BCUT2D eigenvalue weighted by atomic mass is 19.4. The van der Waals surface area contributed by atoms with E-state index in [-0.39, 0.29) is 29.8 Å². The van der Waals surface area contributed by atoms with E-state index in [0.717, 1.165) is 53.3 Å².